The van der Waals surface area contributed by atoms with Gasteiger partial charge in [0.05, 0.1) is 5.92 Å². The van der Waals surface area contributed by atoms with Gasteiger partial charge in [-0.3, -0.25) is 9.48 Å². The van der Waals surface area contributed by atoms with Crippen LogP contribution in [0.5, 0.6) is 0 Å². The highest BCUT2D eigenvalue weighted by Gasteiger charge is 2.40. The van der Waals surface area contributed by atoms with Gasteiger partial charge in [-0.1, -0.05) is 27.7 Å². The van der Waals surface area contributed by atoms with Gasteiger partial charge in [-0.25, -0.2) is 0 Å². The molecule has 3 atom stereocenters. The summed E-state index contributed by atoms with van der Waals surface area (Å²) in [6, 6.07) is 2.02. The van der Waals surface area contributed by atoms with Crippen molar-refractivity contribution in [3.63, 3.8) is 0 Å². The van der Waals surface area contributed by atoms with Crippen LogP contribution in [0.2, 0.25) is 0 Å². The molecule has 1 aromatic rings. The zero-order valence-electron chi connectivity index (χ0n) is 13.7. The molecule has 1 fully saturated rings. The Morgan fingerprint density at radius 2 is 2.14 bits per heavy atom. The summed E-state index contributed by atoms with van der Waals surface area (Å²) in [5.41, 5.74) is 1.34. The molecule has 1 saturated carbocycles. The van der Waals surface area contributed by atoms with Crippen molar-refractivity contribution >= 4 is 5.97 Å². The van der Waals surface area contributed by atoms with Gasteiger partial charge in [-0.15, -0.1) is 0 Å². The van der Waals surface area contributed by atoms with Gasteiger partial charge in [0.15, 0.2) is 0 Å². The summed E-state index contributed by atoms with van der Waals surface area (Å²) in [5, 5.41) is 14.0. The molecule has 0 bridgehead atoms. The van der Waals surface area contributed by atoms with Crippen LogP contribution in [0.3, 0.4) is 0 Å². The maximum atomic E-state index is 11.7. The van der Waals surface area contributed by atoms with Gasteiger partial charge in [-0.05, 0) is 43.1 Å². The van der Waals surface area contributed by atoms with E-state index in [1.54, 1.807) is 0 Å². The van der Waals surface area contributed by atoms with E-state index in [2.05, 4.69) is 32.8 Å². The first kappa shape index (κ1) is 16.1. The normalized spacial score (nSPS) is 26.8. The average molecular weight is 292 g/mol. The largest absolute Gasteiger partial charge is 0.481 e. The highest BCUT2D eigenvalue weighted by Crippen LogP contribution is 2.46. The van der Waals surface area contributed by atoms with Crippen molar-refractivity contribution in [3.05, 3.63) is 18.0 Å². The number of carboxylic acids is 1. The number of aliphatic carboxylic acids is 1. The van der Waals surface area contributed by atoms with E-state index in [1.165, 1.54) is 0 Å². The van der Waals surface area contributed by atoms with Gasteiger partial charge in [0, 0.05) is 24.4 Å². The van der Waals surface area contributed by atoms with E-state index < -0.39 is 5.97 Å². The molecular weight excluding hydrogens is 264 g/mol. The summed E-state index contributed by atoms with van der Waals surface area (Å²) in [4.78, 5) is 11.7. The third kappa shape index (κ3) is 3.47. The summed E-state index contributed by atoms with van der Waals surface area (Å²) < 4.78 is 2.01. The Morgan fingerprint density at radius 3 is 2.71 bits per heavy atom. The van der Waals surface area contributed by atoms with Gasteiger partial charge >= 0.3 is 5.97 Å². The molecule has 0 saturated heterocycles. The summed E-state index contributed by atoms with van der Waals surface area (Å²) >= 11 is 0. The van der Waals surface area contributed by atoms with Crippen molar-refractivity contribution < 1.29 is 9.90 Å². The number of carbonyl (C=O) groups is 1. The fraction of sp³-hybridized carbons (Fsp3) is 0.765. The molecule has 21 heavy (non-hydrogen) atoms. The van der Waals surface area contributed by atoms with Gasteiger partial charge in [-0.2, -0.15) is 5.10 Å². The monoisotopic (exact) mass is 292 g/mol. The van der Waals surface area contributed by atoms with Crippen LogP contribution in [0.4, 0.5) is 0 Å². The second kappa shape index (κ2) is 6.20. The van der Waals surface area contributed by atoms with E-state index in [-0.39, 0.29) is 17.3 Å². The van der Waals surface area contributed by atoms with E-state index in [4.69, 9.17) is 0 Å². The standard InChI is InChI=1S/C17H28N2O2/c1-5-10-19-15(8-9-18-19)14-11-12(17(2,3)4)6-7-13(14)16(20)21/h8-9,12-14H,5-7,10-11H2,1-4H3,(H,20,21). The van der Waals surface area contributed by atoms with E-state index in [0.29, 0.717) is 5.92 Å². The lowest BCUT2D eigenvalue weighted by Gasteiger charge is -2.40. The highest BCUT2D eigenvalue weighted by molar-refractivity contribution is 5.71. The van der Waals surface area contributed by atoms with Crippen molar-refractivity contribution in [2.45, 2.75) is 65.8 Å². The molecule has 118 valence electrons. The molecule has 0 spiro atoms. The minimum atomic E-state index is -0.656. The Bertz CT molecular complexity index is 487. The second-order valence-corrected chi connectivity index (χ2v) is 7.41. The predicted molar refractivity (Wildman–Crippen MR) is 83.2 cm³/mol. The van der Waals surface area contributed by atoms with Crippen LogP contribution < -0.4 is 0 Å². The molecule has 1 N–H and O–H groups in total. The van der Waals surface area contributed by atoms with E-state index >= 15 is 0 Å². The topological polar surface area (TPSA) is 55.1 Å². The fourth-order valence-corrected chi connectivity index (χ4v) is 3.64. The van der Waals surface area contributed by atoms with Crippen molar-refractivity contribution in [1.82, 2.24) is 9.78 Å². The Morgan fingerprint density at radius 1 is 1.43 bits per heavy atom. The number of carboxylic acid groups (broad SMARTS) is 1. The van der Waals surface area contributed by atoms with Gasteiger partial charge in [0.1, 0.15) is 0 Å². The molecule has 4 nitrogen and oxygen atoms in total. The molecule has 1 aliphatic rings. The lowest BCUT2D eigenvalue weighted by molar-refractivity contribution is -0.144. The van der Waals surface area contributed by atoms with Crippen molar-refractivity contribution in [1.29, 1.82) is 0 Å². The number of hydrogen-bond donors (Lipinski definition) is 1. The number of aromatic nitrogens is 2. The Balaban J connectivity index is 2.29. The van der Waals surface area contributed by atoms with Gasteiger partial charge in [0.2, 0.25) is 0 Å². The van der Waals surface area contributed by atoms with E-state index in [0.717, 1.165) is 37.9 Å². The molecule has 3 unspecified atom stereocenters. The fourth-order valence-electron chi connectivity index (χ4n) is 3.64. The summed E-state index contributed by atoms with van der Waals surface area (Å²) in [7, 11) is 0. The summed E-state index contributed by atoms with van der Waals surface area (Å²) in [6.07, 6.45) is 5.57. The summed E-state index contributed by atoms with van der Waals surface area (Å²) in [6.45, 7) is 9.78. The third-order valence-corrected chi connectivity index (χ3v) is 4.96. The van der Waals surface area contributed by atoms with Crippen molar-refractivity contribution in [2.75, 3.05) is 0 Å². The van der Waals surface area contributed by atoms with Crippen LogP contribution in [0, 0.1) is 17.3 Å². The minimum Gasteiger partial charge on any atom is -0.481 e. The molecule has 0 aromatic carbocycles. The second-order valence-electron chi connectivity index (χ2n) is 7.41. The number of nitrogens with zero attached hydrogens (tertiary/aromatic N) is 2. The first-order valence-electron chi connectivity index (χ1n) is 8.09. The molecule has 4 heteroatoms. The number of hydrogen-bond acceptors (Lipinski definition) is 2. The maximum Gasteiger partial charge on any atom is 0.307 e. The zero-order valence-corrected chi connectivity index (χ0v) is 13.7. The predicted octanol–water partition coefficient (Wildman–Crippen LogP) is 3.92. The van der Waals surface area contributed by atoms with Crippen LogP contribution in [0.25, 0.3) is 0 Å². The van der Waals surface area contributed by atoms with Crippen LogP contribution in [0.1, 0.15) is 65.0 Å². The number of rotatable bonds is 4. The Kier molecular flexibility index (Phi) is 4.74. The molecule has 0 radical (unpaired) electrons. The third-order valence-electron chi connectivity index (χ3n) is 4.96. The molecule has 1 aromatic heterocycles. The van der Waals surface area contributed by atoms with E-state index in [1.807, 2.05) is 16.9 Å². The Hall–Kier alpha value is -1.32. The molecule has 0 amide bonds. The van der Waals surface area contributed by atoms with Gasteiger partial charge < -0.3 is 5.11 Å². The molecule has 1 aliphatic carbocycles. The molecule has 1 heterocycles. The maximum absolute atomic E-state index is 11.7. The SMILES string of the molecule is CCCn1nccc1C1CC(C(C)(C)C)CCC1C(=O)O. The number of aryl methyl sites for hydroxylation is 1. The van der Waals surface area contributed by atoms with Crippen LogP contribution in [-0.4, -0.2) is 20.9 Å². The van der Waals surface area contributed by atoms with Crippen molar-refractivity contribution in [3.8, 4) is 0 Å². The lowest BCUT2D eigenvalue weighted by atomic mass is 9.65. The minimum absolute atomic E-state index is 0.0922. The van der Waals surface area contributed by atoms with Crippen LogP contribution >= 0.6 is 0 Å². The molecular formula is C17H28N2O2. The van der Waals surface area contributed by atoms with Crippen LogP contribution in [0.15, 0.2) is 12.3 Å². The summed E-state index contributed by atoms with van der Waals surface area (Å²) in [5.74, 6) is -0.259. The molecule has 2 rings (SSSR count). The first-order valence-corrected chi connectivity index (χ1v) is 8.09. The van der Waals surface area contributed by atoms with Crippen molar-refractivity contribution in [2.24, 2.45) is 17.3 Å². The lowest BCUT2D eigenvalue weighted by Crippen LogP contribution is -2.35. The zero-order chi connectivity index (χ0) is 15.6. The quantitative estimate of drug-likeness (QED) is 0.915. The van der Waals surface area contributed by atoms with Gasteiger partial charge in [0.25, 0.3) is 0 Å². The van der Waals surface area contributed by atoms with Crippen LogP contribution in [-0.2, 0) is 11.3 Å². The highest BCUT2D eigenvalue weighted by atomic mass is 16.4. The smallest absolute Gasteiger partial charge is 0.307 e. The first-order chi connectivity index (χ1) is 9.84. The average Bonchev–Trinajstić information content (AvgIpc) is 2.85. The van der Waals surface area contributed by atoms with E-state index in [9.17, 15) is 9.90 Å². The Labute approximate surface area is 127 Å². The molecule has 0 aliphatic heterocycles.